The molecule has 0 saturated carbocycles. The molecule has 2 atom stereocenters. The van der Waals surface area contributed by atoms with Crippen LogP contribution in [0.25, 0.3) is 22.2 Å². The number of carbonyl (C=O) groups is 1. The Bertz CT molecular complexity index is 1280. The van der Waals surface area contributed by atoms with Gasteiger partial charge in [-0.3, -0.25) is 4.79 Å². The van der Waals surface area contributed by atoms with Gasteiger partial charge in [-0.25, -0.2) is 9.97 Å². The summed E-state index contributed by atoms with van der Waals surface area (Å²) < 4.78 is 7.73. The Hall–Kier alpha value is -3.45. The van der Waals surface area contributed by atoms with Gasteiger partial charge in [-0.2, -0.15) is 0 Å². The van der Waals surface area contributed by atoms with Crippen LogP contribution in [0, 0.1) is 0 Å². The second-order valence-corrected chi connectivity index (χ2v) is 8.79. The average Bonchev–Trinajstić information content (AvgIpc) is 3.43. The Labute approximate surface area is 193 Å². The molecule has 0 bridgehead atoms. The maximum atomic E-state index is 13.4. The van der Waals surface area contributed by atoms with E-state index >= 15 is 0 Å². The number of nitrogens with two attached hydrogens (primary N) is 1. The Morgan fingerprint density at radius 3 is 2.61 bits per heavy atom. The fourth-order valence-corrected chi connectivity index (χ4v) is 4.51. The summed E-state index contributed by atoms with van der Waals surface area (Å²) in [6.07, 6.45) is 3.79. The van der Waals surface area contributed by atoms with Crippen molar-refractivity contribution < 1.29 is 9.53 Å². The van der Waals surface area contributed by atoms with Crippen LogP contribution >= 0.6 is 0 Å². The average molecular weight is 444 g/mol. The predicted octanol–water partition coefficient (Wildman–Crippen LogP) is 4.10. The van der Waals surface area contributed by atoms with Crippen molar-refractivity contribution in [3.05, 3.63) is 65.7 Å². The van der Waals surface area contributed by atoms with E-state index in [4.69, 9.17) is 20.4 Å². The number of aryl methyl sites for hydroxylation is 1. The minimum absolute atomic E-state index is 0.0120. The molecule has 7 heteroatoms. The lowest BCUT2D eigenvalue weighted by Crippen LogP contribution is -2.33. The molecule has 1 amide bonds. The first-order valence-electron chi connectivity index (χ1n) is 11.6. The van der Waals surface area contributed by atoms with Crippen LogP contribution in [0.5, 0.6) is 0 Å². The lowest BCUT2D eigenvalue weighted by atomic mass is 10.1. The molecule has 5 rings (SSSR count). The van der Waals surface area contributed by atoms with Crippen LogP contribution in [0.2, 0.25) is 0 Å². The highest BCUT2D eigenvalue weighted by molar-refractivity contribution is 6.10. The molecule has 1 fully saturated rings. The number of ether oxygens (including phenoxy) is 1. The Morgan fingerprint density at radius 1 is 1.15 bits per heavy atom. The van der Waals surface area contributed by atoms with E-state index in [1.54, 1.807) is 0 Å². The van der Waals surface area contributed by atoms with Crippen molar-refractivity contribution in [2.24, 2.45) is 0 Å². The molecule has 1 aliphatic heterocycles. The topological polar surface area (TPSA) is 95.1 Å². The van der Waals surface area contributed by atoms with Crippen LogP contribution in [0.15, 0.2) is 54.6 Å². The largest absolute Gasteiger partial charge is 0.384 e. The van der Waals surface area contributed by atoms with E-state index < -0.39 is 0 Å². The number of nitrogen functional groups attached to an aromatic ring is 1. The molecule has 0 aliphatic carbocycles. The van der Waals surface area contributed by atoms with E-state index in [1.807, 2.05) is 54.0 Å². The zero-order chi connectivity index (χ0) is 22.8. The van der Waals surface area contributed by atoms with Crippen LogP contribution in [-0.4, -0.2) is 39.2 Å². The monoisotopic (exact) mass is 443 g/mol. The van der Waals surface area contributed by atoms with Gasteiger partial charge in [0, 0.05) is 12.6 Å². The number of benzene rings is 2. The van der Waals surface area contributed by atoms with Gasteiger partial charge >= 0.3 is 0 Å². The van der Waals surface area contributed by atoms with Gasteiger partial charge in [0.25, 0.3) is 5.91 Å². The molecule has 170 valence electrons. The van der Waals surface area contributed by atoms with E-state index in [-0.39, 0.29) is 18.1 Å². The first-order chi connectivity index (χ1) is 16.1. The Morgan fingerprint density at radius 2 is 1.88 bits per heavy atom. The normalized spacial score (nSPS) is 16.9. The number of rotatable bonds is 7. The van der Waals surface area contributed by atoms with E-state index in [1.165, 1.54) is 5.56 Å². The quantitative estimate of drug-likeness (QED) is 0.448. The van der Waals surface area contributed by atoms with Crippen LogP contribution in [0.3, 0.4) is 0 Å². The second-order valence-electron chi connectivity index (χ2n) is 8.79. The van der Waals surface area contributed by atoms with Crippen LogP contribution in [0.4, 0.5) is 5.82 Å². The fourth-order valence-electron chi connectivity index (χ4n) is 4.51. The van der Waals surface area contributed by atoms with Crippen molar-refractivity contribution in [3.63, 3.8) is 0 Å². The van der Waals surface area contributed by atoms with E-state index in [9.17, 15) is 4.79 Å². The summed E-state index contributed by atoms with van der Waals surface area (Å²) in [5, 5.41) is 3.12. The third kappa shape index (κ3) is 4.41. The minimum atomic E-state index is -0.214. The minimum Gasteiger partial charge on any atom is -0.384 e. The number of hydrogen-bond acceptors (Lipinski definition) is 5. The van der Waals surface area contributed by atoms with Crippen LogP contribution < -0.4 is 11.1 Å². The molecule has 1 aliphatic rings. The summed E-state index contributed by atoms with van der Waals surface area (Å²) in [7, 11) is 0. The van der Waals surface area contributed by atoms with Gasteiger partial charge in [-0.1, -0.05) is 42.5 Å². The number of aromatic nitrogens is 3. The summed E-state index contributed by atoms with van der Waals surface area (Å²) in [5.41, 5.74) is 10.9. The molecule has 0 unspecified atom stereocenters. The molecule has 7 nitrogen and oxygen atoms in total. The molecule has 2 aromatic heterocycles. The number of anilines is 1. The molecule has 0 radical (unpaired) electrons. The summed E-state index contributed by atoms with van der Waals surface area (Å²) in [4.78, 5) is 23.0. The Kier molecular flexibility index (Phi) is 5.96. The Balaban J connectivity index is 1.46. The summed E-state index contributed by atoms with van der Waals surface area (Å²) in [6.45, 7) is 3.33. The van der Waals surface area contributed by atoms with Gasteiger partial charge in [-0.05, 0) is 50.3 Å². The number of hydrogen-bond donors (Lipinski definition) is 2. The SMILES string of the molecule is C[C@@H](CCc1ccccc1)NC(=O)c1c(N)n(C[C@H]2CCCO2)c2nc3ccccc3nc12. The van der Waals surface area contributed by atoms with Crippen LogP contribution in [-0.2, 0) is 17.7 Å². The number of amides is 1. The number of para-hydroxylation sites is 2. The van der Waals surface area contributed by atoms with Crippen LogP contribution in [0.1, 0.15) is 42.1 Å². The van der Waals surface area contributed by atoms with Gasteiger partial charge in [0.15, 0.2) is 5.65 Å². The maximum absolute atomic E-state index is 13.4. The standard InChI is InChI=1S/C26H29N5O2/c1-17(13-14-18-8-3-2-4-9-18)28-26(32)22-23-25(30-21-12-6-5-11-20(21)29-23)31(24(22)27)16-19-10-7-15-33-19/h2-6,8-9,11-12,17,19H,7,10,13-16,27H2,1H3,(H,28,32)/t17-,19+/m0/s1. The fraction of sp³-hybridized carbons (Fsp3) is 0.346. The van der Waals surface area contributed by atoms with E-state index in [2.05, 4.69) is 17.4 Å². The smallest absolute Gasteiger partial charge is 0.257 e. The lowest BCUT2D eigenvalue weighted by molar-refractivity contribution is 0.0936. The maximum Gasteiger partial charge on any atom is 0.257 e. The summed E-state index contributed by atoms with van der Waals surface area (Å²) in [6, 6.07) is 17.9. The van der Waals surface area contributed by atoms with Crippen molar-refractivity contribution in [2.75, 3.05) is 12.3 Å². The van der Waals surface area contributed by atoms with Gasteiger partial charge < -0.3 is 20.4 Å². The molecule has 0 spiro atoms. The van der Waals surface area contributed by atoms with Gasteiger partial charge in [-0.15, -0.1) is 0 Å². The molecule has 33 heavy (non-hydrogen) atoms. The zero-order valence-electron chi connectivity index (χ0n) is 18.8. The molecule has 4 aromatic rings. The molecule has 3 heterocycles. The molecular weight excluding hydrogens is 414 g/mol. The zero-order valence-corrected chi connectivity index (χ0v) is 18.8. The van der Waals surface area contributed by atoms with Crippen molar-refractivity contribution in [1.82, 2.24) is 19.9 Å². The highest BCUT2D eigenvalue weighted by Gasteiger charge is 2.27. The summed E-state index contributed by atoms with van der Waals surface area (Å²) >= 11 is 0. The van der Waals surface area contributed by atoms with Gasteiger partial charge in [0.05, 0.1) is 23.7 Å². The van der Waals surface area contributed by atoms with E-state index in [0.717, 1.165) is 43.3 Å². The summed E-state index contributed by atoms with van der Waals surface area (Å²) in [5.74, 6) is 0.178. The molecule has 2 aromatic carbocycles. The van der Waals surface area contributed by atoms with Crippen molar-refractivity contribution in [3.8, 4) is 0 Å². The van der Waals surface area contributed by atoms with Crippen molar-refractivity contribution in [2.45, 2.75) is 51.3 Å². The van der Waals surface area contributed by atoms with Gasteiger partial charge in [0.1, 0.15) is 16.9 Å². The lowest BCUT2D eigenvalue weighted by Gasteiger charge is -2.15. The first kappa shape index (κ1) is 21.4. The number of nitrogens with one attached hydrogen (secondary N) is 1. The molecular formula is C26H29N5O2. The number of fused-ring (bicyclic) bond motifs is 2. The highest BCUT2D eigenvalue weighted by Crippen LogP contribution is 2.29. The van der Waals surface area contributed by atoms with E-state index in [0.29, 0.717) is 29.1 Å². The van der Waals surface area contributed by atoms with Gasteiger partial charge in [0.2, 0.25) is 0 Å². The molecule has 1 saturated heterocycles. The number of nitrogens with zero attached hydrogens (tertiary/aromatic N) is 3. The van der Waals surface area contributed by atoms with Crippen molar-refractivity contribution >= 4 is 33.9 Å². The predicted molar refractivity (Wildman–Crippen MR) is 130 cm³/mol. The highest BCUT2D eigenvalue weighted by atomic mass is 16.5. The first-order valence-corrected chi connectivity index (χ1v) is 11.6. The molecule has 3 N–H and O–H groups in total. The third-order valence-electron chi connectivity index (χ3n) is 6.32. The third-order valence-corrected chi connectivity index (χ3v) is 6.32. The second kappa shape index (κ2) is 9.19. The number of carbonyl (C=O) groups excluding carboxylic acids is 1. The van der Waals surface area contributed by atoms with Crippen molar-refractivity contribution in [1.29, 1.82) is 0 Å².